The molecule has 1 heterocycles. The van der Waals surface area contributed by atoms with Crippen molar-refractivity contribution >= 4 is 23.5 Å². The van der Waals surface area contributed by atoms with Crippen LogP contribution in [-0.2, 0) is 14.3 Å². The Morgan fingerprint density at radius 1 is 1.15 bits per heavy atom. The van der Waals surface area contributed by atoms with Gasteiger partial charge in [0.05, 0.1) is 12.7 Å². The van der Waals surface area contributed by atoms with E-state index >= 15 is 0 Å². The van der Waals surface area contributed by atoms with E-state index in [0.29, 0.717) is 11.6 Å². The maximum Gasteiger partial charge on any atom is 0.308 e. The highest BCUT2D eigenvalue weighted by Gasteiger charge is 2.11. The van der Waals surface area contributed by atoms with Gasteiger partial charge in [-0.25, -0.2) is 0 Å². The van der Waals surface area contributed by atoms with Crippen molar-refractivity contribution in [3.8, 4) is 0 Å². The summed E-state index contributed by atoms with van der Waals surface area (Å²) in [6, 6.07) is 10.7. The molecule has 2 N–H and O–H groups in total. The van der Waals surface area contributed by atoms with Gasteiger partial charge in [0.15, 0.2) is 12.4 Å². The number of hydrogen-bond acceptors (Lipinski definition) is 5. The van der Waals surface area contributed by atoms with E-state index in [1.165, 1.54) is 17.9 Å². The van der Waals surface area contributed by atoms with Crippen molar-refractivity contribution in [1.82, 2.24) is 5.32 Å². The van der Waals surface area contributed by atoms with Crippen LogP contribution in [0.25, 0.3) is 0 Å². The van der Waals surface area contributed by atoms with Crippen LogP contribution >= 0.6 is 0 Å². The summed E-state index contributed by atoms with van der Waals surface area (Å²) in [7, 11) is 0. The summed E-state index contributed by atoms with van der Waals surface area (Å²) in [5.74, 6) is -0.770. The number of ether oxygens (including phenoxy) is 1. The largest absolute Gasteiger partial charge is 0.459 e. The lowest BCUT2D eigenvalue weighted by Gasteiger charge is -2.10. The van der Waals surface area contributed by atoms with E-state index in [4.69, 9.17) is 9.15 Å². The van der Waals surface area contributed by atoms with Crippen molar-refractivity contribution in [1.29, 1.82) is 0 Å². The van der Waals surface area contributed by atoms with E-state index in [1.807, 2.05) is 24.3 Å². The Hall–Kier alpha value is -3.09. The van der Waals surface area contributed by atoms with Crippen LogP contribution < -0.4 is 10.6 Å². The van der Waals surface area contributed by atoms with E-state index < -0.39 is 17.8 Å². The average molecular weight is 372 g/mol. The van der Waals surface area contributed by atoms with E-state index in [-0.39, 0.29) is 25.3 Å². The first-order valence-corrected chi connectivity index (χ1v) is 8.86. The van der Waals surface area contributed by atoms with Crippen LogP contribution in [0.4, 0.5) is 5.69 Å². The van der Waals surface area contributed by atoms with Crippen LogP contribution in [0.1, 0.15) is 48.7 Å². The summed E-state index contributed by atoms with van der Waals surface area (Å²) < 4.78 is 9.84. The molecule has 7 nitrogen and oxygen atoms in total. The fourth-order valence-corrected chi connectivity index (χ4v) is 2.32. The van der Waals surface area contributed by atoms with Crippen LogP contribution in [0.3, 0.4) is 0 Å². The number of carbonyl (C=O) groups excluding carboxylic acids is 3. The quantitative estimate of drug-likeness (QED) is 0.659. The summed E-state index contributed by atoms with van der Waals surface area (Å²) >= 11 is 0. The second kappa shape index (κ2) is 10.2. The summed E-state index contributed by atoms with van der Waals surface area (Å²) in [5.41, 5.74) is 1.85. The molecule has 0 aliphatic carbocycles. The molecule has 0 spiro atoms. The lowest BCUT2D eigenvalue weighted by atomic mass is 9.99. The molecular weight excluding hydrogens is 348 g/mol. The second-order valence-electron chi connectivity index (χ2n) is 6.12. The van der Waals surface area contributed by atoms with Gasteiger partial charge in [-0.3, -0.25) is 14.4 Å². The molecule has 0 aliphatic rings. The molecule has 0 fully saturated rings. The van der Waals surface area contributed by atoms with Crippen LogP contribution in [-0.4, -0.2) is 30.9 Å². The second-order valence-corrected chi connectivity index (χ2v) is 6.12. The Kier molecular flexibility index (Phi) is 7.61. The number of hydrogen-bond donors (Lipinski definition) is 2. The number of furan rings is 1. The molecular formula is C20H24N2O5. The Labute approximate surface area is 158 Å². The maximum absolute atomic E-state index is 11.9. The molecule has 7 heteroatoms. The van der Waals surface area contributed by atoms with Gasteiger partial charge in [-0.2, -0.15) is 0 Å². The van der Waals surface area contributed by atoms with Gasteiger partial charge in [0, 0.05) is 12.2 Å². The number of amides is 2. The Morgan fingerprint density at radius 3 is 2.52 bits per heavy atom. The predicted molar refractivity (Wildman–Crippen MR) is 100 cm³/mol. The lowest BCUT2D eigenvalue weighted by Crippen LogP contribution is -2.27. The van der Waals surface area contributed by atoms with Crippen molar-refractivity contribution in [3.63, 3.8) is 0 Å². The van der Waals surface area contributed by atoms with Gasteiger partial charge in [0.1, 0.15) is 0 Å². The van der Waals surface area contributed by atoms with E-state index in [2.05, 4.69) is 24.5 Å². The topological polar surface area (TPSA) is 97.6 Å². The molecule has 2 aromatic rings. The molecule has 1 aromatic carbocycles. The molecule has 0 saturated carbocycles. The molecule has 1 aromatic heterocycles. The van der Waals surface area contributed by atoms with Crippen molar-refractivity contribution in [3.05, 3.63) is 54.0 Å². The van der Waals surface area contributed by atoms with E-state index in [0.717, 1.165) is 6.42 Å². The monoisotopic (exact) mass is 372 g/mol. The third kappa shape index (κ3) is 6.62. The number of nitrogens with one attached hydrogen (secondary N) is 2. The van der Waals surface area contributed by atoms with Gasteiger partial charge >= 0.3 is 5.97 Å². The van der Waals surface area contributed by atoms with Gasteiger partial charge in [0.25, 0.3) is 11.8 Å². The van der Waals surface area contributed by atoms with Crippen LogP contribution in [0.15, 0.2) is 47.1 Å². The molecule has 0 aliphatic heterocycles. The minimum Gasteiger partial charge on any atom is -0.459 e. The van der Waals surface area contributed by atoms with Crippen LogP contribution in [0, 0.1) is 0 Å². The zero-order chi connectivity index (χ0) is 19.6. The van der Waals surface area contributed by atoms with Gasteiger partial charge < -0.3 is 19.8 Å². The van der Waals surface area contributed by atoms with Crippen LogP contribution in [0.2, 0.25) is 0 Å². The van der Waals surface area contributed by atoms with Gasteiger partial charge in [-0.15, -0.1) is 0 Å². The molecule has 0 unspecified atom stereocenters. The zero-order valence-corrected chi connectivity index (χ0v) is 15.5. The molecule has 144 valence electrons. The minimum atomic E-state index is -0.572. The number of benzene rings is 1. The van der Waals surface area contributed by atoms with Crippen molar-refractivity contribution in [2.45, 2.75) is 32.6 Å². The first kappa shape index (κ1) is 20.2. The normalized spacial score (nSPS) is 11.5. The summed E-state index contributed by atoms with van der Waals surface area (Å²) in [4.78, 5) is 35.1. The molecule has 0 bridgehead atoms. The highest BCUT2D eigenvalue weighted by atomic mass is 16.5. The van der Waals surface area contributed by atoms with Crippen molar-refractivity contribution in [2.75, 3.05) is 18.5 Å². The number of rotatable bonds is 9. The number of carbonyl (C=O) groups is 3. The molecule has 0 radical (unpaired) electrons. The number of esters is 1. The fourth-order valence-electron chi connectivity index (χ4n) is 2.32. The first-order chi connectivity index (χ1) is 13.0. The lowest BCUT2D eigenvalue weighted by molar-refractivity contribution is -0.147. The first-order valence-electron chi connectivity index (χ1n) is 8.86. The number of anilines is 1. The highest BCUT2D eigenvalue weighted by molar-refractivity contribution is 5.93. The van der Waals surface area contributed by atoms with E-state index in [9.17, 15) is 14.4 Å². The average Bonchev–Trinajstić information content (AvgIpc) is 3.21. The summed E-state index contributed by atoms with van der Waals surface area (Å²) in [6.07, 6.45) is 2.40. The Balaban J connectivity index is 1.65. The molecule has 2 amide bonds. The SMILES string of the molecule is CC[C@@H](C)c1ccc(NC(=O)COC(=O)CCNC(=O)c2ccco2)cc1. The van der Waals surface area contributed by atoms with Crippen molar-refractivity contribution in [2.24, 2.45) is 0 Å². The maximum atomic E-state index is 11.9. The minimum absolute atomic E-state index is 0.0384. The van der Waals surface area contributed by atoms with E-state index in [1.54, 1.807) is 6.07 Å². The highest BCUT2D eigenvalue weighted by Crippen LogP contribution is 2.20. The fraction of sp³-hybridized carbons (Fsp3) is 0.350. The molecule has 0 saturated heterocycles. The molecule has 1 atom stereocenters. The molecule has 27 heavy (non-hydrogen) atoms. The smallest absolute Gasteiger partial charge is 0.308 e. The Morgan fingerprint density at radius 2 is 1.89 bits per heavy atom. The third-order valence-electron chi connectivity index (χ3n) is 4.10. The van der Waals surface area contributed by atoms with Crippen molar-refractivity contribution < 1.29 is 23.5 Å². The van der Waals surface area contributed by atoms with Gasteiger partial charge in [0.2, 0.25) is 0 Å². The van der Waals surface area contributed by atoms with Gasteiger partial charge in [-0.05, 0) is 42.2 Å². The summed E-state index contributed by atoms with van der Waals surface area (Å²) in [6.45, 7) is 3.98. The predicted octanol–water partition coefficient (Wildman–Crippen LogP) is 3.09. The standard InChI is InChI=1S/C20H24N2O5/c1-3-14(2)15-6-8-16(9-7-15)22-18(23)13-27-19(24)10-11-21-20(25)17-5-4-12-26-17/h4-9,12,14H,3,10-11,13H2,1-2H3,(H,21,25)(H,22,23)/t14-/m1/s1. The van der Waals surface area contributed by atoms with Gasteiger partial charge in [-0.1, -0.05) is 26.0 Å². The molecule has 2 rings (SSSR count). The van der Waals surface area contributed by atoms with Crippen LogP contribution in [0.5, 0.6) is 0 Å². The zero-order valence-electron chi connectivity index (χ0n) is 15.5. The Bertz CT molecular complexity index is 753. The summed E-state index contributed by atoms with van der Waals surface area (Å²) in [5, 5.41) is 5.20. The third-order valence-corrected chi connectivity index (χ3v) is 4.10.